The van der Waals surface area contributed by atoms with E-state index in [0.717, 1.165) is 28.1 Å². The van der Waals surface area contributed by atoms with Gasteiger partial charge in [-0.05, 0) is 54.3 Å². The van der Waals surface area contributed by atoms with E-state index in [1.165, 1.54) is 7.11 Å². The number of esters is 1. The van der Waals surface area contributed by atoms with Crippen molar-refractivity contribution >= 4 is 21.9 Å². The monoisotopic (exact) mass is 604 g/mol. The van der Waals surface area contributed by atoms with E-state index in [0.29, 0.717) is 30.2 Å². The zero-order valence-corrected chi connectivity index (χ0v) is 23.7. The summed E-state index contributed by atoms with van der Waals surface area (Å²) in [6.07, 6.45) is -3.60. The van der Waals surface area contributed by atoms with Gasteiger partial charge in [-0.25, -0.2) is 13.2 Å². The van der Waals surface area contributed by atoms with Crippen LogP contribution in [-0.2, 0) is 43.6 Å². The summed E-state index contributed by atoms with van der Waals surface area (Å²) in [5.41, 5.74) is 0.322. The summed E-state index contributed by atoms with van der Waals surface area (Å²) >= 11 is 0. The minimum atomic E-state index is -4.74. The van der Waals surface area contributed by atoms with Gasteiger partial charge in [0, 0.05) is 13.0 Å². The van der Waals surface area contributed by atoms with Gasteiger partial charge in [0.1, 0.15) is 24.4 Å². The van der Waals surface area contributed by atoms with Gasteiger partial charge in [0.15, 0.2) is 0 Å². The summed E-state index contributed by atoms with van der Waals surface area (Å²) in [5.74, 6) is -0.852. The van der Waals surface area contributed by atoms with Crippen molar-refractivity contribution in [3.8, 4) is 5.75 Å². The van der Waals surface area contributed by atoms with Crippen molar-refractivity contribution in [1.29, 1.82) is 0 Å². The summed E-state index contributed by atoms with van der Waals surface area (Å²) in [4.78, 5) is 26.2. The van der Waals surface area contributed by atoms with Crippen LogP contribution in [0.25, 0.3) is 0 Å². The lowest BCUT2D eigenvalue weighted by Gasteiger charge is -2.34. The minimum Gasteiger partial charge on any atom is -0.497 e. The first-order chi connectivity index (χ1) is 20.0. The molecule has 0 unspecified atom stereocenters. The molecule has 3 aromatic carbocycles. The van der Waals surface area contributed by atoms with Crippen molar-refractivity contribution in [2.45, 2.75) is 55.4 Å². The molecule has 8 nitrogen and oxygen atoms in total. The normalized spacial score (nSPS) is 16.8. The van der Waals surface area contributed by atoms with Crippen molar-refractivity contribution in [1.82, 2.24) is 9.62 Å². The van der Waals surface area contributed by atoms with Gasteiger partial charge in [-0.1, -0.05) is 55.0 Å². The molecule has 1 saturated heterocycles. The lowest BCUT2D eigenvalue weighted by atomic mass is 10.0. The van der Waals surface area contributed by atoms with Gasteiger partial charge in [-0.2, -0.15) is 17.5 Å². The lowest BCUT2D eigenvalue weighted by Crippen LogP contribution is -2.55. The van der Waals surface area contributed by atoms with E-state index in [4.69, 9.17) is 9.47 Å². The number of benzene rings is 3. The Bertz CT molecular complexity index is 1480. The number of methoxy groups -OCH3 is 1. The smallest absolute Gasteiger partial charge is 0.416 e. The Morgan fingerprint density at radius 1 is 0.976 bits per heavy atom. The lowest BCUT2D eigenvalue weighted by molar-refractivity contribution is -0.149. The van der Waals surface area contributed by atoms with E-state index in [2.05, 4.69) is 5.32 Å². The van der Waals surface area contributed by atoms with Crippen molar-refractivity contribution in [3.63, 3.8) is 0 Å². The van der Waals surface area contributed by atoms with E-state index < -0.39 is 50.6 Å². The number of ether oxygens (including phenoxy) is 2. The Labute approximate surface area is 242 Å². The molecule has 224 valence electrons. The number of carbonyl (C=O) groups excluding carboxylic acids is 2. The molecule has 0 spiro atoms. The van der Waals surface area contributed by atoms with Gasteiger partial charge in [0.2, 0.25) is 15.9 Å². The highest BCUT2D eigenvalue weighted by Gasteiger charge is 2.40. The van der Waals surface area contributed by atoms with Gasteiger partial charge in [-0.3, -0.25) is 4.79 Å². The van der Waals surface area contributed by atoms with Gasteiger partial charge < -0.3 is 14.8 Å². The van der Waals surface area contributed by atoms with Crippen molar-refractivity contribution in [2.75, 3.05) is 13.7 Å². The van der Waals surface area contributed by atoms with Gasteiger partial charge in [0.05, 0.1) is 17.6 Å². The number of halogens is 3. The van der Waals surface area contributed by atoms with Crippen LogP contribution in [0.5, 0.6) is 5.75 Å². The zero-order chi connectivity index (χ0) is 30.3. The molecule has 1 aliphatic heterocycles. The van der Waals surface area contributed by atoms with Crippen LogP contribution in [0.15, 0.2) is 83.8 Å². The Kier molecular flexibility index (Phi) is 9.89. The molecule has 3 aromatic rings. The fourth-order valence-electron chi connectivity index (χ4n) is 4.71. The van der Waals surface area contributed by atoms with Gasteiger partial charge in [0.25, 0.3) is 0 Å². The predicted octanol–water partition coefficient (Wildman–Crippen LogP) is 4.73. The highest BCUT2D eigenvalue weighted by molar-refractivity contribution is 7.89. The minimum absolute atomic E-state index is 0.0336. The molecule has 4 rings (SSSR count). The number of hydrogen-bond donors (Lipinski definition) is 1. The fraction of sp³-hybridized carbons (Fsp3) is 0.333. The number of sulfonamides is 1. The Morgan fingerprint density at radius 3 is 2.36 bits per heavy atom. The summed E-state index contributed by atoms with van der Waals surface area (Å²) in [5, 5.41) is 2.66. The number of alkyl halides is 3. The molecule has 12 heteroatoms. The van der Waals surface area contributed by atoms with Crippen molar-refractivity contribution in [2.24, 2.45) is 0 Å². The average Bonchev–Trinajstić information content (AvgIpc) is 3.00. The first kappa shape index (κ1) is 31.0. The third-order valence-corrected chi connectivity index (χ3v) is 8.85. The molecule has 1 amide bonds. The summed E-state index contributed by atoms with van der Waals surface area (Å²) in [6, 6.07) is 16.9. The molecule has 0 saturated carbocycles. The molecule has 0 bridgehead atoms. The molecule has 42 heavy (non-hydrogen) atoms. The number of piperidine rings is 1. The Balaban J connectivity index is 1.56. The number of nitrogens with one attached hydrogen (secondary N) is 1. The number of nitrogens with zero attached hydrogens (tertiary/aromatic N) is 1. The quantitative estimate of drug-likeness (QED) is 0.336. The molecular weight excluding hydrogens is 573 g/mol. The molecule has 0 aromatic heterocycles. The van der Waals surface area contributed by atoms with Crippen LogP contribution in [0.1, 0.15) is 36.0 Å². The van der Waals surface area contributed by atoms with Crippen LogP contribution in [0.3, 0.4) is 0 Å². The van der Waals surface area contributed by atoms with E-state index in [1.54, 1.807) is 48.5 Å². The predicted molar refractivity (Wildman–Crippen MR) is 148 cm³/mol. The maximum atomic E-state index is 13.6. The fourth-order valence-corrected chi connectivity index (χ4v) is 6.41. The molecule has 1 N–H and O–H groups in total. The van der Waals surface area contributed by atoms with Crippen LogP contribution in [0.4, 0.5) is 13.2 Å². The second-order valence-electron chi connectivity index (χ2n) is 9.86. The van der Waals surface area contributed by atoms with E-state index >= 15 is 0 Å². The molecule has 0 radical (unpaired) electrons. The highest BCUT2D eigenvalue weighted by Crippen LogP contribution is 2.32. The maximum Gasteiger partial charge on any atom is 0.416 e. The Hall–Kier alpha value is -3.90. The number of rotatable bonds is 10. The second-order valence-corrected chi connectivity index (χ2v) is 11.8. The summed E-state index contributed by atoms with van der Waals surface area (Å²) in [6.45, 7) is -0.0909. The van der Waals surface area contributed by atoms with Gasteiger partial charge >= 0.3 is 12.1 Å². The Morgan fingerprint density at radius 2 is 1.69 bits per heavy atom. The first-order valence-electron chi connectivity index (χ1n) is 13.3. The summed E-state index contributed by atoms with van der Waals surface area (Å²) in [7, 11) is -2.95. The van der Waals surface area contributed by atoms with Crippen LogP contribution in [0, 0.1) is 0 Å². The molecule has 2 atom stereocenters. The van der Waals surface area contributed by atoms with Crippen molar-refractivity contribution in [3.05, 3.63) is 95.6 Å². The van der Waals surface area contributed by atoms with Crippen molar-refractivity contribution < 1.29 is 40.7 Å². The first-order valence-corrected chi connectivity index (χ1v) is 14.8. The third kappa shape index (κ3) is 7.68. The number of amides is 1. The molecule has 0 aliphatic carbocycles. The zero-order valence-electron chi connectivity index (χ0n) is 22.8. The molecule has 1 aliphatic rings. The maximum absolute atomic E-state index is 13.6. The van der Waals surface area contributed by atoms with E-state index in [-0.39, 0.29) is 26.0 Å². The second kappa shape index (κ2) is 13.4. The topological polar surface area (TPSA) is 102 Å². The van der Waals surface area contributed by atoms with Crippen LogP contribution >= 0.6 is 0 Å². The SMILES string of the molecule is COc1ccc(C[C@H](NC(=O)[C@@H]2CCCCN2S(=O)(=O)c2cccc(C(F)(F)F)c2)C(=O)OCc2ccccc2)cc1. The van der Waals surface area contributed by atoms with Crippen LogP contribution in [0.2, 0.25) is 0 Å². The highest BCUT2D eigenvalue weighted by atomic mass is 32.2. The molecular formula is C30H31F3N2O6S. The number of carbonyl (C=O) groups is 2. The standard InChI is InChI=1S/C30H31F3N2O6S/c1-40-24-15-13-21(14-16-24)18-26(29(37)41-20-22-8-3-2-4-9-22)34-28(36)27-12-5-6-17-35(27)42(38,39)25-11-7-10-23(19-25)30(31,32)33/h2-4,7-11,13-16,19,26-27H,5-6,12,17-18,20H2,1H3,(H,34,36)/t26-,27-/m0/s1. The van der Waals surface area contributed by atoms with E-state index in [9.17, 15) is 31.2 Å². The third-order valence-electron chi connectivity index (χ3n) is 6.95. The van der Waals surface area contributed by atoms with E-state index in [1.807, 2.05) is 6.07 Å². The van der Waals surface area contributed by atoms with Gasteiger partial charge in [-0.15, -0.1) is 0 Å². The molecule has 1 fully saturated rings. The summed E-state index contributed by atoms with van der Waals surface area (Å²) < 4.78 is 78.4. The molecule has 1 heterocycles. The average molecular weight is 605 g/mol. The van der Waals surface area contributed by atoms with Crippen LogP contribution < -0.4 is 10.1 Å². The number of hydrogen-bond acceptors (Lipinski definition) is 6. The largest absolute Gasteiger partial charge is 0.497 e. The van der Waals surface area contributed by atoms with Crippen LogP contribution in [-0.4, -0.2) is 50.3 Å².